The predicted molar refractivity (Wildman–Crippen MR) is 71.7 cm³/mol. The second-order valence-electron chi connectivity index (χ2n) is 4.73. The van der Waals surface area contributed by atoms with Crippen molar-refractivity contribution in [3.63, 3.8) is 0 Å². The molecule has 1 fully saturated rings. The van der Waals surface area contributed by atoms with Crippen molar-refractivity contribution in [3.05, 3.63) is 0 Å². The summed E-state index contributed by atoms with van der Waals surface area (Å²) in [5.74, 6) is 0. The minimum atomic E-state index is -3.38. The first-order valence-electron chi connectivity index (χ1n) is 6.36. The fourth-order valence-corrected chi connectivity index (χ4v) is 3.60. The van der Waals surface area contributed by atoms with E-state index in [9.17, 15) is 8.42 Å². The molecule has 108 valence electrons. The van der Waals surface area contributed by atoms with Crippen molar-refractivity contribution in [2.75, 3.05) is 40.8 Å². The number of likely N-dealkylation sites (N-methyl/N-ethyl adjacent to an activating group) is 1. The van der Waals surface area contributed by atoms with Crippen molar-refractivity contribution in [2.45, 2.75) is 31.9 Å². The van der Waals surface area contributed by atoms with Crippen molar-refractivity contribution < 1.29 is 13.2 Å². The van der Waals surface area contributed by atoms with Gasteiger partial charge in [0, 0.05) is 27.2 Å². The Morgan fingerprint density at radius 2 is 2.06 bits per heavy atom. The van der Waals surface area contributed by atoms with Gasteiger partial charge in [0.25, 0.3) is 10.2 Å². The average molecular weight is 279 g/mol. The Labute approximate surface area is 110 Å². The second-order valence-corrected chi connectivity index (χ2v) is 6.83. The number of nitrogens with zero attached hydrogens (tertiary/aromatic N) is 2. The molecule has 2 atom stereocenters. The Kier molecular flexibility index (Phi) is 6.00. The maximum absolute atomic E-state index is 12.3. The molecule has 2 unspecified atom stereocenters. The van der Waals surface area contributed by atoms with Crippen LogP contribution in [-0.4, -0.2) is 70.0 Å². The largest absolute Gasteiger partial charge is 0.377 e. The monoisotopic (exact) mass is 279 g/mol. The third-order valence-corrected chi connectivity index (χ3v) is 5.43. The average Bonchev–Trinajstić information content (AvgIpc) is 2.74. The van der Waals surface area contributed by atoms with Gasteiger partial charge in [-0.3, -0.25) is 0 Å². The Hall–Kier alpha value is -0.210. The van der Waals surface area contributed by atoms with Gasteiger partial charge in [0.15, 0.2) is 0 Å². The van der Waals surface area contributed by atoms with Crippen molar-refractivity contribution in [1.29, 1.82) is 0 Å². The van der Waals surface area contributed by atoms with E-state index in [4.69, 9.17) is 4.74 Å². The molecule has 0 aliphatic carbocycles. The van der Waals surface area contributed by atoms with Crippen LogP contribution in [0.25, 0.3) is 0 Å². The van der Waals surface area contributed by atoms with Crippen LogP contribution in [0.5, 0.6) is 0 Å². The molecule has 0 radical (unpaired) electrons. The molecule has 0 saturated carbocycles. The maximum Gasteiger partial charge on any atom is 0.281 e. The summed E-state index contributed by atoms with van der Waals surface area (Å²) < 4.78 is 33.0. The molecule has 1 aliphatic rings. The lowest BCUT2D eigenvalue weighted by molar-refractivity contribution is 0.101. The summed E-state index contributed by atoms with van der Waals surface area (Å²) in [6.07, 6.45) is 1.54. The summed E-state index contributed by atoms with van der Waals surface area (Å²) in [6.45, 7) is 3.89. The zero-order valence-corrected chi connectivity index (χ0v) is 12.5. The highest BCUT2D eigenvalue weighted by molar-refractivity contribution is 7.86. The summed E-state index contributed by atoms with van der Waals surface area (Å²) >= 11 is 0. The molecule has 7 heteroatoms. The van der Waals surface area contributed by atoms with Gasteiger partial charge >= 0.3 is 0 Å². The van der Waals surface area contributed by atoms with Gasteiger partial charge in [-0.1, -0.05) is 0 Å². The van der Waals surface area contributed by atoms with E-state index in [1.165, 1.54) is 8.61 Å². The Balaban J connectivity index is 2.61. The van der Waals surface area contributed by atoms with Crippen LogP contribution in [0, 0.1) is 0 Å². The number of nitrogens with one attached hydrogen (secondary N) is 1. The molecule has 1 heterocycles. The highest BCUT2D eigenvalue weighted by Gasteiger charge is 2.36. The van der Waals surface area contributed by atoms with Crippen molar-refractivity contribution in [2.24, 2.45) is 0 Å². The third kappa shape index (κ3) is 3.64. The minimum Gasteiger partial charge on any atom is -0.377 e. The SMILES string of the molecule is CNCCCN(C)S(=O)(=O)N(C)C1CCOC1C. The smallest absolute Gasteiger partial charge is 0.281 e. The van der Waals surface area contributed by atoms with Gasteiger partial charge in [-0.15, -0.1) is 0 Å². The van der Waals surface area contributed by atoms with E-state index in [0.29, 0.717) is 13.2 Å². The van der Waals surface area contributed by atoms with Crippen LogP contribution in [0.4, 0.5) is 0 Å². The molecular weight excluding hydrogens is 254 g/mol. The lowest BCUT2D eigenvalue weighted by Gasteiger charge is -2.30. The molecule has 0 amide bonds. The van der Waals surface area contributed by atoms with Crippen molar-refractivity contribution in [3.8, 4) is 0 Å². The van der Waals surface area contributed by atoms with Crippen LogP contribution in [0.1, 0.15) is 19.8 Å². The van der Waals surface area contributed by atoms with Crippen LogP contribution in [-0.2, 0) is 14.9 Å². The van der Waals surface area contributed by atoms with Crippen LogP contribution in [0.3, 0.4) is 0 Å². The van der Waals surface area contributed by atoms with Gasteiger partial charge < -0.3 is 10.1 Å². The summed E-state index contributed by atoms with van der Waals surface area (Å²) in [7, 11) is 1.75. The van der Waals surface area contributed by atoms with E-state index in [2.05, 4.69) is 5.32 Å². The van der Waals surface area contributed by atoms with E-state index in [1.54, 1.807) is 14.1 Å². The molecule has 0 bridgehead atoms. The minimum absolute atomic E-state index is 0.0320. The lowest BCUT2D eigenvalue weighted by atomic mass is 10.2. The third-order valence-electron chi connectivity index (χ3n) is 3.46. The summed E-state index contributed by atoms with van der Waals surface area (Å²) in [6, 6.07) is -0.0539. The van der Waals surface area contributed by atoms with E-state index in [0.717, 1.165) is 19.4 Å². The summed E-state index contributed by atoms with van der Waals surface area (Å²) in [5.41, 5.74) is 0. The Morgan fingerprint density at radius 3 is 2.56 bits per heavy atom. The molecule has 0 spiro atoms. The van der Waals surface area contributed by atoms with Crippen molar-refractivity contribution >= 4 is 10.2 Å². The fourth-order valence-electron chi connectivity index (χ4n) is 2.18. The van der Waals surface area contributed by atoms with Crippen LogP contribution < -0.4 is 5.32 Å². The normalized spacial score (nSPS) is 25.2. The first kappa shape index (κ1) is 15.8. The van der Waals surface area contributed by atoms with Gasteiger partial charge in [-0.25, -0.2) is 0 Å². The molecular formula is C11H25N3O3S. The van der Waals surface area contributed by atoms with Gasteiger partial charge in [-0.2, -0.15) is 17.0 Å². The summed E-state index contributed by atoms with van der Waals surface area (Å²) in [4.78, 5) is 0. The number of hydrogen-bond acceptors (Lipinski definition) is 4. The first-order chi connectivity index (χ1) is 8.41. The van der Waals surface area contributed by atoms with Gasteiger partial charge in [0.05, 0.1) is 12.1 Å². The molecule has 18 heavy (non-hydrogen) atoms. The van der Waals surface area contributed by atoms with Crippen LogP contribution in [0.15, 0.2) is 0 Å². The standard InChI is InChI=1S/C11H25N3O3S/c1-10-11(6-9-17-10)14(4)18(15,16)13(3)8-5-7-12-2/h10-12H,5-9H2,1-4H3. The quantitative estimate of drug-likeness (QED) is 0.660. The zero-order chi connectivity index (χ0) is 13.8. The first-order valence-corrected chi connectivity index (χ1v) is 7.76. The predicted octanol–water partition coefficient (Wildman–Crippen LogP) is -0.118. The number of ether oxygens (including phenoxy) is 1. The molecule has 0 aromatic rings. The lowest BCUT2D eigenvalue weighted by Crippen LogP contribution is -2.47. The molecule has 1 N–H and O–H groups in total. The molecule has 1 aliphatic heterocycles. The number of hydrogen-bond donors (Lipinski definition) is 1. The molecule has 6 nitrogen and oxygen atoms in total. The van der Waals surface area contributed by atoms with Gasteiger partial charge in [-0.05, 0) is 33.4 Å². The van der Waals surface area contributed by atoms with E-state index >= 15 is 0 Å². The summed E-state index contributed by atoms with van der Waals surface area (Å²) in [5, 5.41) is 3.01. The Morgan fingerprint density at radius 1 is 1.39 bits per heavy atom. The van der Waals surface area contributed by atoms with Crippen LogP contribution in [0.2, 0.25) is 0 Å². The highest BCUT2D eigenvalue weighted by atomic mass is 32.2. The zero-order valence-electron chi connectivity index (χ0n) is 11.7. The van der Waals surface area contributed by atoms with Crippen molar-refractivity contribution in [1.82, 2.24) is 13.9 Å². The topological polar surface area (TPSA) is 61.9 Å². The van der Waals surface area contributed by atoms with Gasteiger partial charge in [0.1, 0.15) is 0 Å². The second kappa shape index (κ2) is 6.81. The molecule has 0 aromatic carbocycles. The Bertz CT molecular complexity index is 347. The van der Waals surface area contributed by atoms with Gasteiger partial charge in [0.2, 0.25) is 0 Å². The van der Waals surface area contributed by atoms with E-state index in [1.807, 2.05) is 14.0 Å². The fraction of sp³-hybridized carbons (Fsp3) is 1.00. The molecule has 1 rings (SSSR count). The van der Waals surface area contributed by atoms with E-state index < -0.39 is 10.2 Å². The molecule has 0 aromatic heterocycles. The maximum atomic E-state index is 12.3. The van der Waals surface area contributed by atoms with Crippen LogP contribution >= 0.6 is 0 Å². The number of rotatable bonds is 7. The highest BCUT2D eigenvalue weighted by Crippen LogP contribution is 2.21. The van der Waals surface area contributed by atoms with E-state index in [-0.39, 0.29) is 12.1 Å². The molecule has 1 saturated heterocycles.